The molecule has 1 saturated carbocycles. The lowest BCUT2D eigenvalue weighted by Gasteiger charge is -2.26. The van der Waals surface area contributed by atoms with E-state index in [0.29, 0.717) is 19.0 Å². The molecule has 0 heterocycles. The number of carbonyl (C=O) groups is 2. The van der Waals surface area contributed by atoms with Crippen LogP contribution in [-0.2, 0) is 9.59 Å². The van der Waals surface area contributed by atoms with Crippen molar-refractivity contribution < 1.29 is 22.8 Å². The fourth-order valence-corrected chi connectivity index (χ4v) is 2.96. The van der Waals surface area contributed by atoms with Crippen LogP contribution in [0.1, 0.15) is 33.1 Å². The van der Waals surface area contributed by atoms with Gasteiger partial charge >= 0.3 is 0 Å². The van der Waals surface area contributed by atoms with Crippen molar-refractivity contribution in [2.75, 3.05) is 25.0 Å². The van der Waals surface area contributed by atoms with Crippen LogP contribution in [-0.4, -0.2) is 41.9 Å². The van der Waals surface area contributed by atoms with Gasteiger partial charge in [0.15, 0.2) is 17.5 Å². The van der Waals surface area contributed by atoms with Crippen molar-refractivity contribution in [1.82, 2.24) is 10.2 Å². The van der Waals surface area contributed by atoms with Crippen LogP contribution >= 0.6 is 0 Å². The van der Waals surface area contributed by atoms with E-state index in [2.05, 4.69) is 16.7 Å². The number of rotatable bonds is 9. The second-order valence-corrected chi connectivity index (χ2v) is 7.12. The Bertz CT molecular complexity index is 792. The second-order valence-electron chi connectivity index (χ2n) is 7.12. The standard InChI is InChI=1S/C19H23F3N4O2/c1-3-8-26(10-16(28)25-19(2,11-23)12-4-5-12)9-15(27)24-14-7-6-13(20)17(21)18(14)22/h6-7,12H,3-5,8-10H2,1-2H3,(H,24,27)(H,25,28)/t19-/m0/s1. The van der Waals surface area contributed by atoms with Gasteiger partial charge in [-0.3, -0.25) is 14.5 Å². The van der Waals surface area contributed by atoms with E-state index in [1.807, 2.05) is 6.92 Å². The third kappa shape index (κ3) is 5.45. The number of halogens is 3. The molecule has 152 valence electrons. The van der Waals surface area contributed by atoms with Crippen molar-refractivity contribution in [2.24, 2.45) is 5.92 Å². The van der Waals surface area contributed by atoms with Gasteiger partial charge in [0.2, 0.25) is 11.8 Å². The first kappa shape index (κ1) is 21.7. The van der Waals surface area contributed by atoms with Gasteiger partial charge in [0.05, 0.1) is 24.8 Å². The molecule has 0 aliphatic heterocycles. The lowest BCUT2D eigenvalue weighted by Crippen LogP contribution is -2.51. The van der Waals surface area contributed by atoms with Crippen molar-refractivity contribution >= 4 is 17.5 Å². The normalized spacial score (nSPS) is 15.6. The molecule has 2 N–H and O–H groups in total. The van der Waals surface area contributed by atoms with Crippen molar-refractivity contribution in [2.45, 2.75) is 38.6 Å². The lowest BCUT2D eigenvalue weighted by molar-refractivity contribution is -0.124. The van der Waals surface area contributed by atoms with Gasteiger partial charge < -0.3 is 10.6 Å². The smallest absolute Gasteiger partial charge is 0.238 e. The fourth-order valence-electron chi connectivity index (χ4n) is 2.96. The van der Waals surface area contributed by atoms with Gasteiger partial charge in [-0.05, 0) is 50.8 Å². The molecule has 1 aliphatic rings. The lowest BCUT2D eigenvalue weighted by atomic mass is 9.98. The van der Waals surface area contributed by atoms with Gasteiger partial charge in [-0.15, -0.1) is 0 Å². The first-order valence-corrected chi connectivity index (χ1v) is 9.08. The van der Waals surface area contributed by atoms with E-state index in [1.54, 1.807) is 6.92 Å². The number of hydrogen-bond acceptors (Lipinski definition) is 4. The summed E-state index contributed by atoms with van der Waals surface area (Å²) in [6.07, 6.45) is 2.41. The zero-order valence-corrected chi connectivity index (χ0v) is 15.8. The van der Waals surface area contributed by atoms with E-state index >= 15 is 0 Å². The third-order valence-electron chi connectivity index (χ3n) is 4.61. The predicted molar refractivity (Wildman–Crippen MR) is 96.6 cm³/mol. The summed E-state index contributed by atoms with van der Waals surface area (Å²) >= 11 is 0. The van der Waals surface area contributed by atoms with Gasteiger partial charge in [-0.25, -0.2) is 13.2 Å². The maximum absolute atomic E-state index is 13.7. The number of nitrogens with zero attached hydrogens (tertiary/aromatic N) is 2. The first-order chi connectivity index (χ1) is 13.2. The Morgan fingerprint density at radius 2 is 1.86 bits per heavy atom. The molecule has 0 aromatic heterocycles. The second kappa shape index (κ2) is 9.06. The largest absolute Gasteiger partial charge is 0.337 e. The van der Waals surface area contributed by atoms with Crippen molar-refractivity contribution in [3.05, 3.63) is 29.6 Å². The number of hydrogen-bond donors (Lipinski definition) is 2. The quantitative estimate of drug-likeness (QED) is 0.629. The summed E-state index contributed by atoms with van der Waals surface area (Å²) in [6, 6.07) is 3.77. The monoisotopic (exact) mass is 396 g/mol. The van der Waals surface area contributed by atoms with E-state index < -0.39 is 40.5 Å². The number of benzene rings is 1. The zero-order chi connectivity index (χ0) is 20.9. The Morgan fingerprint density at radius 3 is 2.43 bits per heavy atom. The van der Waals surface area contributed by atoms with Crippen molar-refractivity contribution in [3.63, 3.8) is 0 Å². The average Bonchev–Trinajstić information content (AvgIpc) is 3.48. The number of carbonyl (C=O) groups excluding carboxylic acids is 2. The summed E-state index contributed by atoms with van der Waals surface area (Å²) in [5.41, 5.74) is -1.41. The summed E-state index contributed by atoms with van der Waals surface area (Å²) < 4.78 is 39.9. The molecule has 0 unspecified atom stereocenters. The van der Waals surface area contributed by atoms with Gasteiger partial charge in [0, 0.05) is 0 Å². The van der Waals surface area contributed by atoms with Gasteiger partial charge in [0.1, 0.15) is 5.54 Å². The maximum atomic E-state index is 13.7. The summed E-state index contributed by atoms with van der Waals surface area (Å²) in [5.74, 6) is -5.44. The molecule has 0 bridgehead atoms. The maximum Gasteiger partial charge on any atom is 0.238 e. The molecular weight excluding hydrogens is 373 g/mol. The van der Waals surface area contributed by atoms with E-state index in [9.17, 15) is 28.0 Å². The molecule has 0 radical (unpaired) electrons. The Kier molecular flexibility index (Phi) is 7.02. The Morgan fingerprint density at radius 1 is 1.21 bits per heavy atom. The van der Waals surface area contributed by atoms with Crippen LogP contribution in [0, 0.1) is 34.7 Å². The number of nitriles is 1. The van der Waals surface area contributed by atoms with Crippen LogP contribution in [0.15, 0.2) is 12.1 Å². The molecule has 1 atom stereocenters. The van der Waals surface area contributed by atoms with Crippen LogP contribution in [0.3, 0.4) is 0 Å². The molecule has 1 aromatic carbocycles. The predicted octanol–water partition coefficient (Wildman–Crippen LogP) is 2.56. The zero-order valence-electron chi connectivity index (χ0n) is 15.8. The highest BCUT2D eigenvalue weighted by Crippen LogP contribution is 2.39. The molecule has 0 saturated heterocycles. The molecule has 2 rings (SSSR count). The number of amides is 2. The number of anilines is 1. The Balaban J connectivity index is 1.96. The highest BCUT2D eigenvalue weighted by Gasteiger charge is 2.43. The molecule has 1 aliphatic carbocycles. The molecule has 28 heavy (non-hydrogen) atoms. The molecule has 9 heteroatoms. The van der Waals surface area contributed by atoms with E-state index in [-0.39, 0.29) is 19.0 Å². The van der Waals surface area contributed by atoms with E-state index in [1.165, 1.54) is 4.90 Å². The summed E-state index contributed by atoms with van der Waals surface area (Å²) in [5, 5.41) is 14.2. The Labute approximate surface area is 161 Å². The fraction of sp³-hybridized carbons (Fsp3) is 0.526. The van der Waals surface area contributed by atoms with Gasteiger partial charge in [-0.2, -0.15) is 5.26 Å². The van der Waals surface area contributed by atoms with Crippen molar-refractivity contribution in [3.8, 4) is 6.07 Å². The van der Waals surface area contributed by atoms with E-state index in [0.717, 1.165) is 18.9 Å². The van der Waals surface area contributed by atoms with Gasteiger partial charge in [-0.1, -0.05) is 6.92 Å². The van der Waals surface area contributed by atoms with Gasteiger partial charge in [0.25, 0.3) is 0 Å². The molecule has 0 spiro atoms. The van der Waals surface area contributed by atoms with Crippen LogP contribution in [0.25, 0.3) is 0 Å². The first-order valence-electron chi connectivity index (χ1n) is 9.08. The minimum absolute atomic E-state index is 0.120. The molecule has 6 nitrogen and oxygen atoms in total. The highest BCUT2D eigenvalue weighted by atomic mass is 19.2. The minimum atomic E-state index is -1.67. The molecule has 1 aromatic rings. The molecule has 1 fully saturated rings. The highest BCUT2D eigenvalue weighted by molar-refractivity contribution is 5.92. The molecule has 2 amide bonds. The van der Waals surface area contributed by atoms with Crippen LogP contribution in [0.5, 0.6) is 0 Å². The average molecular weight is 396 g/mol. The SMILES string of the molecule is CCCN(CC(=O)Nc1ccc(F)c(F)c1F)CC(=O)N[C@@](C)(C#N)C1CC1. The number of nitrogens with one attached hydrogen (secondary N) is 2. The summed E-state index contributed by atoms with van der Waals surface area (Å²) in [4.78, 5) is 26.0. The summed E-state index contributed by atoms with van der Waals surface area (Å²) in [6.45, 7) is 3.58. The van der Waals surface area contributed by atoms with E-state index in [4.69, 9.17) is 0 Å². The third-order valence-corrected chi connectivity index (χ3v) is 4.61. The van der Waals surface area contributed by atoms with Crippen LogP contribution in [0.4, 0.5) is 18.9 Å². The van der Waals surface area contributed by atoms with Crippen LogP contribution < -0.4 is 10.6 Å². The topological polar surface area (TPSA) is 85.2 Å². The molecular formula is C19H23F3N4O2. The van der Waals surface area contributed by atoms with Crippen molar-refractivity contribution in [1.29, 1.82) is 5.26 Å². The van der Waals surface area contributed by atoms with Crippen LogP contribution in [0.2, 0.25) is 0 Å². The summed E-state index contributed by atoms with van der Waals surface area (Å²) in [7, 11) is 0. The Hall–Kier alpha value is -2.60. The minimum Gasteiger partial charge on any atom is -0.337 e.